The van der Waals surface area contributed by atoms with Crippen molar-refractivity contribution in [3.8, 4) is 5.75 Å². The summed E-state index contributed by atoms with van der Waals surface area (Å²) in [7, 11) is 0. The van der Waals surface area contributed by atoms with Gasteiger partial charge >= 0.3 is 6.09 Å². The summed E-state index contributed by atoms with van der Waals surface area (Å²) in [5.41, 5.74) is 1.04. The van der Waals surface area contributed by atoms with Crippen molar-refractivity contribution in [3.63, 3.8) is 0 Å². The van der Waals surface area contributed by atoms with Crippen LogP contribution in [-0.4, -0.2) is 48.5 Å². The lowest BCUT2D eigenvalue weighted by molar-refractivity contribution is 0.196. The van der Waals surface area contributed by atoms with Crippen LogP contribution < -0.4 is 15.4 Å². The zero-order valence-corrected chi connectivity index (χ0v) is 15.1. The van der Waals surface area contributed by atoms with Gasteiger partial charge in [-0.05, 0) is 30.5 Å². The molecule has 6 nitrogen and oxygen atoms in total. The Bertz CT molecular complexity index is 582. The largest absolute Gasteiger partial charge is 0.412 e. The molecule has 2 N–H and O–H groups in total. The summed E-state index contributed by atoms with van der Waals surface area (Å²) >= 11 is 1.32. The molecular weight excluding hydrogens is 338 g/mol. The van der Waals surface area contributed by atoms with Crippen molar-refractivity contribution in [2.24, 2.45) is 0 Å². The smallest absolute Gasteiger partial charge is 0.410 e. The topological polar surface area (TPSA) is 70.7 Å². The number of amides is 2. The monoisotopic (exact) mass is 363 g/mol. The second kappa shape index (κ2) is 9.10. The predicted molar refractivity (Wildman–Crippen MR) is 99.0 cm³/mol. The summed E-state index contributed by atoms with van der Waals surface area (Å²) in [5.74, 6) is 1.15. The number of nitrogens with one attached hydrogen (secondary N) is 2. The quantitative estimate of drug-likeness (QED) is 0.861. The average molecular weight is 363 g/mol. The normalized spacial score (nSPS) is 18.2. The number of carbonyl (C=O) groups excluding carboxylic acids is 2. The number of hydrogen-bond donors (Lipinski definition) is 2. The van der Waals surface area contributed by atoms with Crippen LogP contribution in [0.25, 0.3) is 0 Å². The van der Waals surface area contributed by atoms with Crippen LogP contribution in [0, 0.1) is 0 Å². The van der Waals surface area contributed by atoms with Crippen molar-refractivity contribution < 1.29 is 14.3 Å². The molecule has 1 aromatic carbocycles. The van der Waals surface area contributed by atoms with E-state index in [9.17, 15) is 9.59 Å². The highest BCUT2D eigenvalue weighted by Crippen LogP contribution is 2.20. The third-order valence-corrected chi connectivity index (χ3v) is 5.53. The van der Waals surface area contributed by atoms with E-state index in [1.54, 1.807) is 12.1 Å². The lowest BCUT2D eigenvalue weighted by Crippen LogP contribution is -2.45. The van der Waals surface area contributed by atoms with E-state index in [-0.39, 0.29) is 17.4 Å². The molecule has 0 bridgehead atoms. The van der Waals surface area contributed by atoms with Gasteiger partial charge in [-0.25, -0.2) is 4.79 Å². The molecule has 0 aromatic heterocycles. The minimum atomic E-state index is -0.386. The molecule has 2 amide bonds. The Morgan fingerprint density at radius 2 is 1.84 bits per heavy atom. The van der Waals surface area contributed by atoms with Crippen molar-refractivity contribution in [2.45, 2.75) is 37.5 Å². The zero-order chi connectivity index (χ0) is 17.5. The summed E-state index contributed by atoms with van der Waals surface area (Å²) in [5, 5.41) is 6.26. The van der Waals surface area contributed by atoms with Crippen molar-refractivity contribution in [3.05, 3.63) is 29.8 Å². The van der Waals surface area contributed by atoms with E-state index in [4.69, 9.17) is 4.74 Å². The van der Waals surface area contributed by atoms with Gasteiger partial charge in [0.2, 0.25) is 0 Å². The van der Waals surface area contributed by atoms with E-state index < -0.39 is 0 Å². The van der Waals surface area contributed by atoms with Gasteiger partial charge in [0.15, 0.2) is 0 Å². The molecule has 2 fully saturated rings. The molecule has 1 heterocycles. The highest BCUT2D eigenvalue weighted by Gasteiger charge is 2.18. The molecule has 1 aliphatic heterocycles. The van der Waals surface area contributed by atoms with Crippen LogP contribution in [0.3, 0.4) is 0 Å². The summed E-state index contributed by atoms with van der Waals surface area (Å²) in [6.45, 7) is 3.27. The van der Waals surface area contributed by atoms with Gasteiger partial charge in [-0.15, -0.1) is 0 Å². The van der Waals surface area contributed by atoms with Crippen LogP contribution in [0.1, 0.15) is 31.2 Å². The van der Waals surface area contributed by atoms with E-state index >= 15 is 0 Å². The van der Waals surface area contributed by atoms with Gasteiger partial charge in [-0.2, -0.15) is 0 Å². The van der Waals surface area contributed by atoms with E-state index in [0.29, 0.717) is 11.5 Å². The SMILES string of the molecule is O=C(NC1CCCC1)Oc1ccc(CSC(=O)N2CCNCC2)cc1. The van der Waals surface area contributed by atoms with Gasteiger partial charge in [-0.3, -0.25) is 4.79 Å². The number of rotatable bonds is 4. The van der Waals surface area contributed by atoms with Crippen molar-refractivity contribution in [1.29, 1.82) is 0 Å². The summed E-state index contributed by atoms with van der Waals surface area (Å²) in [6.07, 6.45) is 4.02. The molecule has 2 aliphatic rings. The number of nitrogens with zero attached hydrogens (tertiary/aromatic N) is 1. The van der Waals surface area contributed by atoms with Crippen LogP contribution in [0.2, 0.25) is 0 Å². The fourth-order valence-corrected chi connectivity index (χ4v) is 3.96. The number of hydrogen-bond acceptors (Lipinski definition) is 5. The molecule has 0 radical (unpaired) electrons. The molecule has 1 saturated heterocycles. The fraction of sp³-hybridized carbons (Fsp3) is 0.556. The van der Waals surface area contributed by atoms with Crippen LogP contribution in [-0.2, 0) is 5.75 Å². The fourth-order valence-electron chi connectivity index (χ4n) is 3.11. The first-order chi connectivity index (χ1) is 12.2. The van der Waals surface area contributed by atoms with E-state index in [1.807, 2.05) is 17.0 Å². The number of carbonyl (C=O) groups is 2. The van der Waals surface area contributed by atoms with Crippen molar-refractivity contribution in [1.82, 2.24) is 15.5 Å². The molecule has 0 spiro atoms. The molecule has 136 valence electrons. The zero-order valence-electron chi connectivity index (χ0n) is 14.3. The van der Waals surface area contributed by atoms with Gasteiger partial charge in [0.05, 0.1) is 0 Å². The Balaban J connectivity index is 1.41. The van der Waals surface area contributed by atoms with Gasteiger partial charge in [0.1, 0.15) is 5.75 Å². The Hall–Kier alpha value is -1.73. The maximum atomic E-state index is 12.1. The Morgan fingerprint density at radius 3 is 2.52 bits per heavy atom. The molecule has 1 aromatic rings. The first kappa shape index (κ1) is 18.1. The number of ether oxygens (including phenoxy) is 1. The molecule has 0 unspecified atom stereocenters. The summed E-state index contributed by atoms with van der Waals surface area (Å²) in [6, 6.07) is 7.60. The first-order valence-corrected chi connectivity index (χ1v) is 9.89. The lowest BCUT2D eigenvalue weighted by Gasteiger charge is -2.26. The second-order valence-corrected chi connectivity index (χ2v) is 7.38. The third-order valence-electron chi connectivity index (χ3n) is 4.55. The van der Waals surface area contributed by atoms with Crippen molar-refractivity contribution in [2.75, 3.05) is 26.2 Å². The maximum Gasteiger partial charge on any atom is 0.412 e. The molecule has 7 heteroatoms. The second-order valence-electron chi connectivity index (χ2n) is 6.45. The van der Waals surface area contributed by atoms with Gasteiger partial charge in [0, 0.05) is 38.0 Å². The Labute approximate surface area is 152 Å². The first-order valence-electron chi connectivity index (χ1n) is 8.90. The average Bonchev–Trinajstić information content (AvgIpc) is 3.14. The molecule has 0 atom stereocenters. The van der Waals surface area contributed by atoms with Gasteiger partial charge in [0.25, 0.3) is 5.24 Å². The van der Waals surface area contributed by atoms with Crippen molar-refractivity contribution >= 4 is 23.1 Å². The Kier molecular flexibility index (Phi) is 6.58. The van der Waals surface area contributed by atoms with Crippen LogP contribution in [0.4, 0.5) is 9.59 Å². The summed E-state index contributed by atoms with van der Waals surface area (Å²) in [4.78, 5) is 25.9. The molecule has 3 rings (SSSR count). The maximum absolute atomic E-state index is 12.1. The highest BCUT2D eigenvalue weighted by molar-refractivity contribution is 8.12. The van der Waals surface area contributed by atoms with Crippen LogP contribution >= 0.6 is 11.8 Å². The lowest BCUT2D eigenvalue weighted by atomic mass is 10.2. The van der Waals surface area contributed by atoms with Gasteiger partial charge < -0.3 is 20.3 Å². The Morgan fingerprint density at radius 1 is 1.16 bits per heavy atom. The van der Waals surface area contributed by atoms with E-state index in [2.05, 4.69) is 10.6 Å². The molecule has 1 aliphatic carbocycles. The number of piperazine rings is 1. The van der Waals surface area contributed by atoms with Crippen LogP contribution in [0.15, 0.2) is 24.3 Å². The minimum Gasteiger partial charge on any atom is -0.410 e. The summed E-state index contributed by atoms with van der Waals surface area (Å²) < 4.78 is 5.31. The predicted octanol–water partition coefficient (Wildman–Crippen LogP) is 2.98. The molecule has 25 heavy (non-hydrogen) atoms. The minimum absolute atomic E-state index is 0.123. The van der Waals surface area contributed by atoms with E-state index in [0.717, 1.165) is 44.6 Å². The number of thioether (sulfide) groups is 1. The standard InChI is InChI=1S/C18H25N3O3S/c22-17(20-15-3-1-2-4-15)24-16-7-5-14(6-8-16)13-25-18(23)21-11-9-19-10-12-21/h5-8,15,19H,1-4,9-13H2,(H,20,22). The molecular formula is C18H25N3O3S. The third kappa shape index (κ3) is 5.64. The van der Waals surface area contributed by atoms with Gasteiger partial charge in [-0.1, -0.05) is 36.7 Å². The van der Waals surface area contributed by atoms with E-state index in [1.165, 1.54) is 24.6 Å². The number of benzene rings is 1. The molecule has 1 saturated carbocycles. The highest BCUT2D eigenvalue weighted by atomic mass is 32.2. The van der Waals surface area contributed by atoms with Crippen LogP contribution in [0.5, 0.6) is 5.75 Å².